The van der Waals surface area contributed by atoms with Crippen LogP contribution in [0.5, 0.6) is 11.5 Å². The summed E-state index contributed by atoms with van der Waals surface area (Å²) in [7, 11) is 0. The minimum absolute atomic E-state index is 0.0783. The van der Waals surface area contributed by atoms with Gasteiger partial charge in [0, 0.05) is 6.08 Å². The standard InChI is InChI=1S/C35H38O7/c1-3-34(37)41-25-24-40-33-20-16-31(17-21-33)30-14-10-28(11-15-30)8-9-29-12-18-32(19-13-29)39-22-6-4-5-7-23-42-35(38)27(2)26-36/h3,8-21,36H,1-2,4-7,22-26H2/b9-8+. The highest BCUT2D eigenvalue weighted by Crippen LogP contribution is 2.24. The van der Waals surface area contributed by atoms with E-state index in [1.54, 1.807) is 0 Å². The molecule has 1 N–H and O–H groups in total. The van der Waals surface area contributed by atoms with Crippen molar-refractivity contribution in [2.45, 2.75) is 25.7 Å². The number of aliphatic hydroxyl groups is 1. The fourth-order valence-corrected chi connectivity index (χ4v) is 3.84. The summed E-state index contributed by atoms with van der Waals surface area (Å²) in [5, 5.41) is 8.84. The molecular formula is C35H38O7. The first kappa shape index (κ1) is 31.9. The Kier molecular flexibility index (Phi) is 13.6. The van der Waals surface area contributed by atoms with Crippen LogP contribution in [0, 0.1) is 0 Å². The number of unbranched alkanes of at least 4 members (excludes halogenated alkanes) is 3. The van der Waals surface area contributed by atoms with Crippen molar-refractivity contribution in [1.82, 2.24) is 0 Å². The van der Waals surface area contributed by atoms with Gasteiger partial charge in [0.1, 0.15) is 24.7 Å². The van der Waals surface area contributed by atoms with Gasteiger partial charge in [-0.15, -0.1) is 0 Å². The highest BCUT2D eigenvalue weighted by atomic mass is 16.6. The molecule has 3 aromatic rings. The Balaban J connectivity index is 1.35. The summed E-state index contributed by atoms with van der Waals surface area (Å²) in [6.45, 7) is 7.84. The van der Waals surface area contributed by atoms with Gasteiger partial charge in [-0.3, -0.25) is 0 Å². The Bertz CT molecular complexity index is 1310. The number of rotatable bonds is 18. The third kappa shape index (κ3) is 11.5. The fraction of sp³-hybridized carbons (Fsp3) is 0.257. The number of hydrogen-bond donors (Lipinski definition) is 1. The van der Waals surface area contributed by atoms with Crippen LogP contribution in [0.4, 0.5) is 0 Å². The van der Waals surface area contributed by atoms with Gasteiger partial charge in [-0.2, -0.15) is 0 Å². The zero-order valence-corrected chi connectivity index (χ0v) is 23.8. The van der Waals surface area contributed by atoms with Crippen molar-refractivity contribution in [3.63, 3.8) is 0 Å². The van der Waals surface area contributed by atoms with Crippen molar-refractivity contribution in [2.75, 3.05) is 33.0 Å². The minimum atomic E-state index is -0.536. The van der Waals surface area contributed by atoms with E-state index < -0.39 is 11.9 Å². The predicted octanol–water partition coefficient (Wildman–Crippen LogP) is 6.66. The van der Waals surface area contributed by atoms with E-state index in [9.17, 15) is 9.59 Å². The van der Waals surface area contributed by atoms with Crippen LogP contribution in [0.15, 0.2) is 97.6 Å². The van der Waals surface area contributed by atoms with E-state index in [0.717, 1.165) is 59.8 Å². The van der Waals surface area contributed by atoms with Crippen LogP contribution >= 0.6 is 0 Å². The molecule has 0 aliphatic carbocycles. The fourth-order valence-electron chi connectivity index (χ4n) is 3.84. The molecule has 42 heavy (non-hydrogen) atoms. The van der Waals surface area contributed by atoms with Crippen LogP contribution in [0.2, 0.25) is 0 Å². The summed E-state index contributed by atoms with van der Waals surface area (Å²) in [5.74, 6) is 0.550. The molecular weight excluding hydrogens is 532 g/mol. The maximum absolute atomic E-state index is 11.4. The average Bonchev–Trinajstić information content (AvgIpc) is 3.03. The quantitative estimate of drug-likeness (QED) is 0.0791. The van der Waals surface area contributed by atoms with E-state index in [2.05, 4.69) is 49.6 Å². The van der Waals surface area contributed by atoms with Crippen LogP contribution < -0.4 is 9.47 Å². The summed E-state index contributed by atoms with van der Waals surface area (Å²) in [5.41, 5.74) is 4.45. The zero-order valence-electron chi connectivity index (χ0n) is 23.8. The Labute approximate surface area is 247 Å². The van der Waals surface area contributed by atoms with E-state index in [1.807, 2.05) is 48.5 Å². The Morgan fingerprint density at radius 1 is 0.643 bits per heavy atom. The number of esters is 2. The molecule has 0 heterocycles. The van der Waals surface area contributed by atoms with Crippen molar-refractivity contribution in [2.24, 2.45) is 0 Å². The SMILES string of the molecule is C=CC(=O)OCCOc1ccc(-c2ccc(/C=C/c3ccc(OCCCCCCOC(=O)C(=C)CO)cc3)cc2)cc1. The van der Waals surface area contributed by atoms with Crippen molar-refractivity contribution >= 4 is 24.1 Å². The van der Waals surface area contributed by atoms with E-state index >= 15 is 0 Å². The van der Waals surface area contributed by atoms with Gasteiger partial charge in [0.25, 0.3) is 0 Å². The Hall–Kier alpha value is -4.62. The van der Waals surface area contributed by atoms with E-state index in [4.69, 9.17) is 24.1 Å². The van der Waals surface area contributed by atoms with Crippen molar-refractivity contribution in [3.8, 4) is 22.6 Å². The van der Waals surface area contributed by atoms with Crippen LogP contribution in [0.1, 0.15) is 36.8 Å². The van der Waals surface area contributed by atoms with Gasteiger partial charge < -0.3 is 24.1 Å². The molecule has 0 bridgehead atoms. The number of aliphatic hydroxyl groups excluding tert-OH is 1. The Morgan fingerprint density at radius 3 is 1.71 bits per heavy atom. The lowest BCUT2D eigenvalue weighted by Crippen LogP contribution is -2.10. The van der Waals surface area contributed by atoms with Crippen LogP contribution in [-0.4, -0.2) is 50.1 Å². The van der Waals surface area contributed by atoms with E-state index in [0.29, 0.717) is 19.0 Å². The van der Waals surface area contributed by atoms with Crippen LogP contribution in [0.25, 0.3) is 23.3 Å². The molecule has 0 aliphatic heterocycles. The largest absolute Gasteiger partial charge is 0.494 e. The number of ether oxygens (including phenoxy) is 4. The van der Waals surface area contributed by atoms with E-state index in [1.165, 1.54) is 0 Å². The maximum atomic E-state index is 11.4. The molecule has 3 aromatic carbocycles. The lowest BCUT2D eigenvalue weighted by molar-refractivity contribution is -0.140. The number of carbonyl (C=O) groups excluding carboxylic acids is 2. The number of benzene rings is 3. The average molecular weight is 571 g/mol. The summed E-state index contributed by atoms with van der Waals surface area (Å²) >= 11 is 0. The highest BCUT2D eigenvalue weighted by molar-refractivity contribution is 5.87. The molecule has 0 saturated carbocycles. The first-order chi connectivity index (χ1) is 20.5. The normalized spacial score (nSPS) is 10.7. The van der Waals surface area contributed by atoms with Crippen LogP contribution in [0.3, 0.4) is 0 Å². The third-order valence-electron chi connectivity index (χ3n) is 6.23. The Morgan fingerprint density at radius 2 is 1.14 bits per heavy atom. The molecule has 7 nitrogen and oxygen atoms in total. The lowest BCUT2D eigenvalue weighted by atomic mass is 10.0. The molecule has 7 heteroatoms. The number of carbonyl (C=O) groups is 2. The van der Waals surface area contributed by atoms with E-state index in [-0.39, 0.29) is 25.4 Å². The molecule has 0 saturated heterocycles. The van der Waals surface area contributed by atoms with Crippen molar-refractivity contribution in [3.05, 3.63) is 109 Å². The third-order valence-corrected chi connectivity index (χ3v) is 6.23. The smallest absolute Gasteiger partial charge is 0.335 e. The van der Waals surface area contributed by atoms with Gasteiger partial charge in [-0.05, 0) is 72.2 Å². The molecule has 0 fully saturated rings. The summed E-state index contributed by atoms with van der Waals surface area (Å²) in [4.78, 5) is 22.5. The van der Waals surface area contributed by atoms with Gasteiger partial charge in [0.05, 0.1) is 25.4 Å². The number of hydrogen-bond acceptors (Lipinski definition) is 7. The maximum Gasteiger partial charge on any atom is 0.335 e. The molecule has 0 spiro atoms. The molecule has 0 atom stereocenters. The van der Waals surface area contributed by atoms with Gasteiger partial charge in [-0.25, -0.2) is 9.59 Å². The van der Waals surface area contributed by atoms with Crippen LogP contribution in [-0.2, 0) is 19.1 Å². The van der Waals surface area contributed by atoms with Crippen molar-refractivity contribution < 1.29 is 33.6 Å². The summed E-state index contributed by atoms with van der Waals surface area (Å²) in [6, 6.07) is 24.1. The molecule has 0 radical (unpaired) electrons. The second-order valence-corrected chi connectivity index (χ2v) is 9.43. The summed E-state index contributed by atoms with van der Waals surface area (Å²) < 4.78 is 21.4. The molecule has 0 amide bonds. The first-order valence-electron chi connectivity index (χ1n) is 14.0. The van der Waals surface area contributed by atoms with Crippen molar-refractivity contribution in [1.29, 1.82) is 0 Å². The second kappa shape index (κ2) is 17.9. The monoisotopic (exact) mass is 570 g/mol. The van der Waals surface area contributed by atoms with Gasteiger partial charge in [-0.1, -0.05) is 73.8 Å². The molecule has 0 aromatic heterocycles. The predicted molar refractivity (Wildman–Crippen MR) is 165 cm³/mol. The lowest BCUT2D eigenvalue weighted by Gasteiger charge is -2.08. The first-order valence-corrected chi connectivity index (χ1v) is 14.0. The van der Waals surface area contributed by atoms with Gasteiger partial charge in [0.2, 0.25) is 0 Å². The molecule has 220 valence electrons. The molecule has 0 unspecified atom stereocenters. The highest BCUT2D eigenvalue weighted by Gasteiger charge is 2.06. The zero-order chi connectivity index (χ0) is 30.0. The topological polar surface area (TPSA) is 91.3 Å². The second-order valence-electron chi connectivity index (χ2n) is 9.43. The molecule has 3 rings (SSSR count). The molecule has 0 aliphatic rings. The minimum Gasteiger partial charge on any atom is -0.494 e. The summed E-state index contributed by atoms with van der Waals surface area (Å²) in [6.07, 6.45) is 8.88. The van der Waals surface area contributed by atoms with Gasteiger partial charge in [0.15, 0.2) is 0 Å². The van der Waals surface area contributed by atoms with Gasteiger partial charge >= 0.3 is 11.9 Å².